The number of hydrogen-bond donors (Lipinski definition) is 1. The van der Waals surface area contributed by atoms with Gasteiger partial charge >= 0.3 is 0 Å². The molecule has 2 unspecified atom stereocenters. The molecule has 1 aromatic carbocycles. The Hall–Kier alpha value is -1.09. The second kappa shape index (κ2) is 5.49. The number of nitrogens with zero attached hydrogens (tertiary/aromatic N) is 1. The molecule has 0 saturated carbocycles. The van der Waals surface area contributed by atoms with Crippen LogP contribution in [0.3, 0.4) is 0 Å². The average Bonchev–Trinajstić information content (AvgIpc) is 2.39. The van der Waals surface area contributed by atoms with Crippen molar-refractivity contribution < 1.29 is 4.39 Å². The van der Waals surface area contributed by atoms with Crippen LogP contribution in [0.2, 0.25) is 0 Å². The van der Waals surface area contributed by atoms with E-state index < -0.39 is 0 Å². The van der Waals surface area contributed by atoms with Gasteiger partial charge in [0.05, 0.1) is 5.69 Å². The van der Waals surface area contributed by atoms with Gasteiger partial charge in [0.15, 0.2) is 0 Å². The number of halogens is 1. The smallest absolute Gasteiger partial charge is 0.146 e. The summed E-state index contributed by atoms with van der Waals surface area (Å²) in [6.07, 6.45) is 2.08. The molecule has 2 nitrogen and oxygen atoms in total. The maximum absolute atomic E-state index is 14.2. The SMILES string of the molecule is CCC1CNC(C)(CC)CN1c1ccc(C)cc1F. The molecule has 2 rings (SSSR count). The third kappa shape index (κ3) is 2.92. The van der Waals surface area contributed by atoms with Gasteiger partial charge in [0.25, 0.3) is 0 Å². The lowest BCUT2D eigenvalue weighted by Gasteiger charge is -2.47. The van der Waals surface area contributed by atoms with E-state index in [4.69, 9.17) is 0 Å². The van der Waals surface area contributed by atoms with Gasteiger partial charge in [-0.25, -0.2) is 4.39 Å². The Morgan fingerprint density at radius 1 is 1.42 bits per heavy atom. The highest BCUT2D eigenvalue weighted by Crippen LogP contribution is 2.29. The Labute approximate surface area is 116 Å². The van der Waals surface area contributed by atoms with Gasteiger partial charge in [0.2, 0.25) is 0 Å². The molecule has 0 amide bonds. The fourth-order valence-electron chi connectivity index (χ4n) is 2.76. The lowest BCUT2D eigenvalue weighted by molar-refractivity contribution is 0.274. The minimum Gasteiger partial charge on any atom is -0.363 e. The minimum absolute atomic E-state index is 0.0724. The van der Waals surface area contributed by atoms with Crippen LogP contribution >= 0.6 is 0 Å². The Kier molecular flexibility index (Phi) is 4.14. The van der Waals surface area contributed by atoms with Crippen LogP contribution in [0.4, 0.5) is 10.1 Å². The van der Waals surface area contributed by atoms with E-state index in [-0.39, 0.29) is 11.4 Å². The standard InChI is InChI=1S/C16H25FN2/c1-5-13-10-18-16(4,6-2)11-19(13)15-8-7-12(3)9-14(15)17/h7-9,13,18H,5-6,10-11H2,1-4H3. The summed E-state index contributed by atoms with van der Waals surface area (Å²) in [5.74, 6) is -0.0983. The van der Waals surface area contributed by atoms with E-state index >= 15 is 0 Å². The lowest BCUT2D eigenvalue weighted by Crippen LogP contribution is -2.63. The minimum atomic E-state index is -0.0983. The van der Waals surface area contributed by atoms with Crippen LogP contribution in [0.5, 0.6) is 0 Å². The highest BCUT2D eigenvalue weighted by Gasteiger charge is 2.34. The van der Waals surface area contributed by atoms with Gasteiger partial charge in [-0.2, -0.15) is 0 Å². The first-order valence-electron chi connectivity index (χ1n) is 7.27. The summed E-state index contributed by atoms with van der Waals surface area (Å²) in [4.78, 5) is 2.24. The second-order valence-electron chi connectivity index (χ2n) is 5.94. The summed E-state index contributed by atoms with van der Waals surface area (Å²) in [6.45, 7) is 10.3. The lowest BCUT2D eigenvalue weighted by atomic mass is 9.92. The van der Waals surface area contributed by atoms with Crippen molar-refractivity contribution >= 4 is 5.69 Å². The molecule has 0 radical (unpaired) electrons. The molecule has 0 bridgehead atoms. The maximum atomic E-state index is 14.2. The summed E-state index contributed by atoms with van der Waals surface area (Å²) in [7, 11) is 0. The van der Waals surface area contributed by atoms with Gasteiger partial charge in [-0.05, 0) is 44.4 Å². The fourth-order valence-corrected chi connectivity index (χ4v) is 2.76. The van der Waals surface area contributed by atoms with Crippen LogP contribution in [0.25, 0.3) is 0 Å². The normalized spacial score (nSPS) is 27.6. The van der Waals surface area contributed by atoms with Crippen LogP contribution in [-0.2, 0) is 0 Å². The number of piperazine rings is 1. The summed E-state index contributed by atoms with van der Waals surface area (Å²) in [5.41, 5.74) is 1.80. The van der Waals surface area contributed by atoms with Crippen molar-refractivity contribution in [1.29, 1.82) is 0 Å². The molecule has 3 heteroatoms. The summed E-state index contributed by atoms with van der Waals surface area (Å²) in [6, 6.07) is 5.93. The zero-order valence-electron chi connectivity index (χ0n) is 12.5. The zero-order valence-corrected chi connectivity index (χ0v) is 12.5. The molecular weight excluding hydrogens is 239 g/mol. The van der Waals surface area contributed by atoms with Crippen LogP contribution in [0, 0.1) is 12.7 Å². The van der Waals surface area contributed by atoms with E-state index in [0.29, 0.717) is 6.04 Å². The molecule has 19 heavy (non-hydrogen) atoms. The van der Waals surface area contributed by atoms with E-state index in [1.54, 1.807) is 6.07 Å². The van der Waals surface area contributed by atoms with Crippen LogP contribution in [0.15, 0.2) is 18.2 Å². The summed E-state index contributed by atoms with van der Waals surface area (Å²) >= 11 is 0. The average molecular weight is 264 g/mol. The van der Waals surface area contributed by atoms with Crippen molar-refractivity contribution in [2.24, 2.45) is 0 Å². The molecule has 106 valence electrons. The van der Waals surface area contributed by atoms with Crippen LogP contribution in [0.1, 0.15) is 39.2 Å². The highest BCUT2D eigenvalue weighted by molar-refractivity contribution is 5.51. The van der Waals surface area contributed by atoms with Gasteiger partial charge in [-0.1, -0.05) is 19.9 Å². The largest absolute Gasteiger partial charge is 0.363 e. The summed E-state index contributed by atoms with van der Waals surface area (Å²) < 4.78 is 14.2. The number of aryl methyl sites for hydroxylation is 1. The number of nitrogens with one attached hydrogen (secondary N) is 1. The predicted octanol–water partition coefficient (Wildman–Crippen LogP) is 3.49. The molecule has 2 atom stereocenters. The van der Waals surface area contributed by atoms with Gasteiger partial charge < -0.3 is 10.2 Å². The molecule has 1 aliphatic heterocycles. The van der Waals surface area contributed by atoms with E-state index in [1.807, 2.05) is 19.1 Å². The molecule has 0 aromatic heterocycles. The van der Waals surface area contributed by atoms with Gasteiger partial charge in [-0.3, -0.25) is 0 Å². The molecule has 1 N–H and O–H groups in total. The van der Waals surface area contributed by atoms with Gasteiger partial charge in [-0.15, -0.1) is 0 Å². The molecule has 0 aliphatic carbocycles. The molecule has 0 spiro atoms. The quantitative estimate of drug-likeness (QED) is 0.899. The van der Waals surface area contributed by atoms with Gasteiger partial charge in [0.1, 0.15) is 5.82 Å². The molecule has 1 aliphatic rings. The summed E-state index contributed by atoms with van der Waals surface area (Å²) in [5, 5.41) is 3.61. The van der Waals surface area contributed by atoms with Crippen molar-refractivity contribution in [2.75, 3.05) is 18.0 Å². The third-order valence-corrected chi connectivity index (χ3v) is 4.39. The Balaban J connectivity index is 2.32. The first kappa shape index (κ1) is 14.3. The topological polar surface area (TPSA) is 15.3 Å². The van der Waals surface area contributed by atoms with Crippen LogP contribution < -0.4 is 10.2 Å². The Morgan fingerprint density at radius 3 is 2.74 bits per heavy atom. The van der Waals surface area contributed by atoms with Crippen molar-refractivity contribution in [2.45, 2.75) is 52.1 Å². The highest BCUT2D eigenvalue weighted by atomic mass is 19.1. The number of anilines is 1. The van der Waals surface area contributed by atoms with Crippen molar-refractivity contribution in [1.82, 2.24) is 5.32 Å². The molecule has 1 saturated heterocycles. The Bertz CT molecular complexity index is 446. The third-order valence-electron chi connectivity index (χ3n) is 4.39. The van der Waals surface area contributed by atoms with E-state index in [9.17, 15) is 4.39 Å². The number of rotatable bonds is 3. The fraction of sp³-hybridized carbons (Fsp3) is 0.625. The Morgan fingerprint density at radius 2 is 2.16 bits per heavy atom. The molecule has 1 aromatic rings. The van der Waals surface area contributed by atoms with E-state index in [1.165, 1.54) is 0 Å². The van der Waals surface area contributed by atoms with Crippen LogP contribution in [-0.4, -0.2) is 24.7 Å². The van der Waals surface area contributed by atoms with Crippen molar-refractivity contribution in [3.63, 3.8) is 0 Å². The van der Waals surface area contributed by atoms with E-state index in [0.717, 1.165) is 37.2 Å². The number of hydrogen-bond acceptors (Lipinski definition) is 2. The first-order chi connectivity index (χ1) is 8.99. The van der Waals surface area contributed by atoms with Gasteiger partial charge in [0, 0.05) is 24.7 Å². The number of benzene rings is 1. The maximum Gasteiger partial charge on any atom is 0.146 e. The zero-order chi connectivity index (χ0) is 14.0. The monoisotopic (exact) mass is 264 g/mol. The molecular formula is C16H25FN2. The predicted molar refractivity (Wildman–Crippen MR) is 79.3 cm³/mol. The molecule has 1 heterocycles. The second-order valence-corrected chi connectivity index (χ2v) is 5.94. The van der Waals surface area contributed by atoms with Crippen molar-refractivity contribution in [3.8, 4) is 0 Å². The van der Waals surface area contributed by atoms with Crippen molar-refractivity contribution in [3.05, 3.63) is 29.6 Å². The van der Waals surface area contributed by atoms with E-state index in [2.05, 4.69) is 31.0 Å². The molecule has 1 fully saturated rings. The first-order valence-corrected chi connectivity index (χ1v) is 7.27.